The van der Waals surface area contributed by atoms with Gasteiger partial charge in [0.25, 0.3) is 0 Å². The largest absolute Gasteiger partial charge is 0.325 e. The van der Waals surface area contributed by atoms with Crippen molar-refractivity contribution < 1.29 is 4.79 Å². The van der Waals surface area contributed by atoms with Gasteiger partial charge in [-0.3, -0.25) is 4.79 Å². The Kier molecular flexibility index (Phi) is 3.97. The lowest BCUT2D eigenvalue weighted by Crippen LogP contribution is -2.47. The van der Waals surface area contributed by atoms with Crippen LogP contribution in [0.3, 0.4) is 0 Å². The molecule has 1 aromatic heterocycles. The Bertz CT molecular complexity index is 547. The topological polar surface area (TPSA) is 68.0 Å². The van der Waals surface area contributed by atoms with Gasteiger partial charge in [-0.2, -0.15) is 0 Å². The lowest BCUT2D eigenvalue weighted by atomic mass is 9.99. The third-order valence-corrected chi connectivity index (χ3v) is 3.90. The standard InChI is InChI=1S/C14H17N3OS/c1-3-14(2,15)13(18)17-11-6-4-10(5-7-11)12-16-8-9-19-12/h4-9H,3,15H2,1-2H3,(H,17,18). The van der Waals surface area contributed by atoms with Crippen molar-refractivity contribution in [2.75, 3.05) is 5.32 Å². The average Bonchev–Trinajstić information content (AvgIpc) is 2.93. The molecule has 0 radical (unpaired) electrons. The highest BCUT2D eigenvalue weighted by Crippen LogP contribution is 2.23. The van der Waals surface area contributed by atoms with E-state index in [0.29, 0.717) is 6.42 Å². The molecule has 0 saturated heterocycles. The summed E-state index contributed by atoms with van der Waals surface area (Å²) in [4.78, 5) is 16.2. The number of rotatable bonds is 4. The monoisotopic (exact) mass is 275 g/mol. The van der Waals surface area contributed by atoms with Crippen LogP contribution in [0.2, 0.25) is 0 Å². The molecular weight excluding hydrogens is 258 g/mol. The molecule has 1 heterocycles. The van der Waals surface area contributed by atoms with Crippen LogP contribution in [0.4, 0.5) is 5.69 Å². The third-order valence-electron chi connectivity index (χ3n) is 3.08. The zero-order valence-corrected chi connectivity index (χ0v) is 11.8. The second kappa shape index (κ2) is 5.50. The van der Waals surface area contributed by atoms with E-state index in [4.69, 9.17) is 5.73 Å². The Morgan fingerprint density at radius 3 is 2.63 bits per heavy atom. The second-order valence-corrected chi connectivity index (χ2v) is 5.53. The molecule has 1 atom stereocenters. The fourth-order valence-corrected chi connectivity index (χ4v) is 2.14. The molecule has 1 amide bonds. The first-order valence-corrected chi connectivity index (χ1v) is 7.01. The normalized spacial score (nSPS) is 13.8. The van der Waals surface area contributed by atoms with Crippen LogP contribution >= 0.6 is 11.3 Å². The molecule has 0 aliphatic carbocycles. The number of nitrogens with one attached hydrogen (secondary N) is 1. The lowest BCUT2D eigenvalue weighted by molar-refractivity contribution is -0.120. The Morgan fingerprint density at radius 1 is 1.42 bits per heavy atom. The van der Waals surface area contributed by atoms with Gasteiger partial charge in [0.2, 0.25) is 5.91 Å². The molecule has 0 spiro atoms. The number of amides is 1. The number of hydrogen-bond acceptors (Lipinski definition) is 4. The summed E-state index contributed by atoms with van der Waals surface area (Å²) in [5, 5.41) is 5.73. The Balaban J connectivity index is 2.10. The molecule has 2 rings (SSSR count). The number of carbonyl (C=O) groups is 1. The van der Waals surface area contributed by atoms with Crippen molar-refractivity contribution in [1.29, 1.82) is 0 Å². The quantitative estimate of drug-likeness (QED) is 0.901. The highest BCUT2D eigenvalue weighted by atomic mass is 32.1. The molecule has 0 saturated carbocycles. The number of nitrogens with zero attached hydrogens (tertiary/aromatic N) is 1. The molecule has 0 bridgehead atoms. The van der Waals surface area contributed by atoms with E-state index in [1.807, 2.05) is 36.6 Å². The first-order chi connectivity index (χ1) is 9.03. The van der Waals surface area contributed by atoms with Gasteiger partial charge in [0.1, 0.15) is 5.01 Å². The SMILES string of the molecule is CCC(C)(N)C(=O)Nc1ccc(-c2nccs2)cc1. The van der Waals surface area contributed by atoms with E-state index in [9.17, 15) is 4.79 Å². The van der Waals surface area contributed by atoms with E-state index in [-0.39, 0.29) is 5.91 Å². The number of nitrogens with two attached hydrogens (primary N) is 1. The molecule has 5 heteroatoms. The number of carbonyl (C=O) groups excluding carboxylic acids is 1. The average molecular weight is 275 g/mol. The summed E-state index contributed by atoms with van der Waals surface area (Å²) >= 11 is 1.59. The molecule has 0 fully saturated rings. The summed E-state index contributed by atoms with van der Waals surface area (Å²) in [7, 11) is 0. The van der Waals surface area contributed by atoms with Gasteiger partial charge in [-0.05, 0) is 37.6 Å². The van der Waals surface area contributed by atoms with Gasteiger partial charge in [0, 0.05) is 22.8 Å². The van der Waals surface area contributed by atoms with Crippen molar-refractivity contribution >= 4 is 22.9 Å². The molecule has 1 unspecified atom stereocenters. The van der Waals surface area contributed by atoms with Crippen LogP contribution in [0.5, 0.6) is 0 Å². The third kappa shape index (κ3) is 3.19. The van der Waals surface area contributed by atoms with Gasteiger partial charge in [0.15, 0.2) is 0 Å². The Labute approximate surface area is 116 Å². The number of anilines is 1. The highest BCUT2D eigenvalue weighted by Gasteiger charge is 2.25. The summed E-state index contributed by atoms with van der Waals surface area (Å²) in [5.41, 5.74) is 6.84. The van der Waals surface area contributed by atoms with Crippen LogP contribution in [-0.2, 0) is 4.79 Å². The molecular formula is C14H17N3OS. The van der Waals surface area contributed by atoms with Gasteiger partial charge in [-0.15, -0.1) is 11.3 Å². The van der Waals surface area contributed by atoms with E-state index in [0.717, 1.165) is 16.3 Å². The maximum Gasteiger partial charge on any atom is 0.244 e. The fourth-order valence-electron chi connectivity index (χ4n) is 1.50. The summed E-state index contributed by atoms with van der Waals surface area (Å²) in [6, 6.07) is 7.60. The van der Waals surface area contributed by atoms with Crippen LogP contribution < -0.4 is 11.1 Å². The fraction of sp³-hybridized carbons (Fsp3) is 0.286. The lowest BCUT2D eigenvalue weighted by Gasteiger charge is -2.21. The molecule has 3 N–H and O–H groups in total. The zero-order chi connectivity index (χ0) is 13.9. The van der Waals surface area contributed by atoms with Crippen molar-refractivity contribution in [1.82, 2.24) is 4.98 Å². The molecule has 1 aromatic carbocycles. The van der Waals surface area contributed by atoms with Crippen molar-refractivity contribution in [2.24, 2.45) is 5.73 Å². The van der Waals surface area contributed by atoms with Gasteiger partial charge in [-0.25, -0.2) is 4.98 Å². The van der Waals surface area contributed by atoms with E-state index in [1.165, 1.54) is 0 Å². The zero-order valence-electron chi connectivity index (χ0n) is 11.0. The number of hydrogen-bond donors (Lipinski definition) is 2. The minimum atomic E-state index is -0.839. The predicted octanol–water partition coefficient (Wildman–Crippen LogP) is 2.88. The molecule has 2 aromatic rings. The van der Waals surface area contributed by atoms with Gasteiger partial charge in [0.05, 0.1) is 5.54 Å². The predicted molar refractivity (Wildman–Crippen MR) is 79.1 cm³/mol. The van der Waals surface area contributed by atoms with Crippen molar-refractivity contribution in [2.45, 2.75) is 25.8 Å². The molecule has 0 aliphatic heterocycles. The first kappa shape index (κ1) is 13.7. The Morgan fingerprint density at radius 2 is 2.11 bits per heavy atom. The van der Waals surface area contributed by atoms with Gasteiger partial charge < -0.3 is 11.1 Å². The molecule has 19 heavy (non-hydrogen) atoms. The minimum absolute atomic E-state index is 0.169. The number of benzene rings is 1. The minimum Gasteiger partial charge on any atom is -0.325 e. The maximum atomic E-state index is 11.9. The van der Waals surface area contributed by atoms with E-state index in [2.05, 4.69) is 10.3 Å². The van der Waals surface area contributed by atoms with Gasteiger partial charge in [-0.1, -0.05) is 6.92 Å². The van der Waals surface area contributed by atoms with E-state index >= 15 is 0 Å². The molecule has 100 valence electrons. The van der Waals surface area contributed by atoms with Crippen LogP contribution in [0.1, 0.15) is 20.3 Å². The molecule has 4 nitrogen and oxygen atoms in total. The van der Waals surface area contributed by atoms with Crippen molar-refractivity contribution in [3.05, 3.63) is 35.8 Å². The van der Waals surface area contributed by atoms with Crippen LogP contribution in [0, 0.1) is 0 Å². The summed E-state index contributed by atoms with van der Waals surface area (Å²) < 4.78 is 0. The van der Waals surface area contributed by atoms with Crippen LogP contribution in [0.25, 0.3) is 10.6 Å². The van der Waals surface area contributed by atoms with Gasteiger partial charge >= 0.3 is 0 Å². The summed E-state index contributed by atoms with van der Waals surface area (Å²) in [6.45, 7) is 3.62. The van der Waals surface area contributed by atoms with Crippen molar-refractivity contribution in [3.8, 4) is 10.6 Å². The molecule has 0 aliphatic rings. The summed E-state index contributed by atoms with van der Waals surface area (Å²) in [5.74, 6) is -0.169. The second-order valence-electron chi connectivity index (χ2n) is 4.64. The Hall–Kier alpha value is -1.72. The number of aromatic nitrogens is 1. The summed E-state index contributed by atoms with van der Waals surface area (Å²) in [6.07, 6.45) is 2.37. The van der Waals surface area contributed by atoms with Crippen LogP contribution in [0.15, 0.2) is 35.8 Å². The smallest absolute Gasteiger partial charge is 0.244 e. The van der Waals surface area contributed by atoms with E-state index in [1.54, 1.807) is 24.5 Å². The first-order valence-electron chi connectivity index (χ1n) is 6.13. The van der Waals surface area contributed by atoms with E-state index < -0.39 is 5.54 Å². The maximum absolute atomic E-state index is 11.9. The highest BCUT2D eigenvalue weighted by molar-refractivity contribution is 7.13. The van der Waals surface area contributed by atoms with Crippen LogP contribution in [-0.4, -0.2) is 16.4 Å². The number of thiazole rings is 1. The van der Waals surface area contributed by atoms with Crippen molar-refractivity contribution in [3.63, 3.8) is 0 Å².